The molecule has 0 saturated heterocycles. The van der Waals surface area contributed by atoms with Crippen LogP contribution in [-0.2, 0) is 14.6 Å². The van der Waals surface area contributed by atoms with Crippen LogP contribution in [0, 0.1) is 10.8 Å². The summed E-state index contributed by atoms with van der Waals surface area (Å²) in [6, 6.07) is 0. The predicted octanol–water partition coefficient (Wildman–Crippen LogP) is 5.67. The Morgan fingerprint density at radius 3 is 1.81 bits per heavy atom. The van der Waals surface area contributed by atoms with Crippen molar-refractivity contribution in [3.05, 3.63) is 0 Å². The van der Waals surface area contributed by atoms with Gasteiger partial charge < -0.3 is 0 Å². The van der Waals surface area contributed by atoms with Gasteiger partial charge in [0.25, 0.3) is 0 Å². The SMILES string of the molecule is CC(C)(C)CCCCCC(=O)OOCCCCC(C)(C)C. The second kappa shape index (κ2) is 10.2. The summed E-state index contributed by atoms with van der Waals surface area (Å²) in [6.07, 6.45) is 8.02. The van der Waals surface area contributed by atoms with Gasteiger partial charge in [0.2, 0.25) is 0 Å². The van der Waals surface area contributed by atoms with Gasteiger partial charge in [0.05, 0.1) is 6.61 Å². The van der Waals surface area contributed by atoms with E-state index < -0.39 is 0 Å². The fourth-order valence-electron chi connectivity index (χ4n) is 2.07. The van der Waals surface area contributed by atoms with E-state index in [2.05, 4.69) is 41.5 Å². The first-order valence-corrected chi connectivity index (χ1v) is 8.42. The van der Waals surface area contributed by atoms with E-state index in [9.17, 15) is 4.79 Å². The van der Waals surface area contributed by atoms with E-state index in [0.717, 1.165) is 32.1 Å². The van der Waals surface area contributed by atoms with Crippen molar-refractivity contribution in [2.24, 2.45) is 10.8 Å². The Hall–Kier alpha value is -0.570. The van der Waals surface area contributed by atoms with Crippen molar-refractivity contribution in [1.29, 1.82) is 0 Å². The van der Waals surface area contributed by atoms with Crippen molar-refractivity contribution in [1.82, 2.24) is 0 Å². The van der Waals surface area contributed by atoms with Crippen LogP contribution in [0.15, 0.2) is 0 Å². The minimum absolute atomic E-state index is 0.235. The Kier molecular flexibility index (Phi) is 9.93. The molecule has 0 N–H and O–H groups in total. The lowest BCUT2D eigenvalue weighted by molar-refractivity contribution is -0.272. The van der Waals surface area contributed by atoms with E-state index in [1.807, 2.05) is 0 Å². The zero-order valence-corrected chi connectivity index (χ0v) is 15.1. The van der Waals surface area contributed by atoms with Crippen LogP contribution in [-0.4, -0.2) is 12.6 Å². The molecule has 0 radical (unpaired) electrons. The third-order valence-corrected chi connectivity index (χ3v) is 3.36. The number of carbonyl (C=O) groups excluding carboxylic acids is 1. The summed E-state index contributed by atoms with van der Waals surface area (Å²) in [4.78, 5) is 21.2. The summed E-state index contributed by atoms with van der Waals surface area (Å²) in [7, 11) is 0. The molecule has 0 amide bonds. The maximum atomic E-state index is 11.4. The first-order chi connectivity index (χ1) is 9.60. The topological polar surface area (TPSA) is 35.5 Å². The minimum atomic E-state index is -0.235. The minimum Gasteiger partial charge on any atom is -0.298 e. The van der Waals surface area contributed by atoms with Gasteiger partial charge in [0.1, 0.15) is 0 Å². The van der Waals surface area contributed by atoms with E-state index >= 15 is 0 Å². The molecule has 0 aliphatic rings. The second-order valence-electron chi connectivity index (χ2n) is 8.42. The van der Waals surface area contributed by atoms with Gasteiger partial charge in [-0.25, -0.2) is 4.79 Å². The summed E-state index contributed by atoms with van der Waals surface area (Å²) in [5.41, 5.74) is 0.750. The fourth-order valence-corrected chi connectivity index (χ4v) is 2.07. The van der Waals surface area contributed by atoms with Crippen molar-refractivity contribution in [2.75, 3.05) is 6.61 Å². The third kappa shape index (κ3) is 17.4. The summed E-state index contributed by atoms with van der Waals surface area (Å²) < 4.78 is 0. The molecule has 21 heavy (non-hydrogen) atoms. The molecule has 3 nitrogen and oxygen atoms in total. The Morgan fingerprint density at radius 1 is 0.762 bits per heavy atom. The molecular weight excluding hydrogens is 264 g/mol. The molecule has 0 aromatic carbocycles. The van der Waals surface area contributed by atoms with E-state index in [0.29, 0.717) is 23.9 Å². The van der Waals surface area contributed by atoms with Crippen molar-refractivity contribution in [3.8, 4) is 0 Å². The van der Waals surface area contributed by atoms with Gasteiger partial charge in [-0.3, -0.25) is 4.89 Å². The van der Waals surface area contributed by atoms with Crippen LogP contribution in [0.4, 0.5) is 0 Å². The molecule has 0 unspecified atom stereocenters. The highest BCUT2D eigenvalue weighted by molar-refractivity contribution is 5.68. The average molecular weight is 300 g/mol. The van der Waals surface area contributed by atoms with Gasteiger partial charge in [0, 0.05) is 6.42 Å². The molecule has 126 valence electrons. The van der Waals surface area contributed by atoms with Crippen LogP contribution >= 0.6 is 0 Å². The summed E-state index contributed by atoms with van der Waals surface area (Å²) in [6.45, 7) is 13.9. The van der Waals surface area contributed by atoms with Crippen molar-refractivity contribution >= 4 is 5.97 Å². The Labute approximate surface area is 131 Å². The molecule has 0 bridgehead atoms. The van der Waals surface area contributed by atoms with Crippen molar-refractivity contribution in [2.45, 2.75) is 92.9 Å². The van der Waals surface area contributed by atoms with Gasteiger partial charge in [-0.05, 0) is 36.5 Å². The highest BCUT2D eigenvalue weighted by atomic mass is 17.2. The predicted molar refractivity (Wildman–Crippen MR) is 87.9 cm³/mol. The summed E-state index contributed by atoms with van der Waals surface area (Å²) in [5, 5.41) is 0. The van der Waals surface area contributed by atoms with Crippen molar-refractivity contribution < 1.29 is 14.6 Å². The van der Waals surface area contributed by atoms with Crippen LogP contribution in [0.5, 0.6) is 0 Å². The van der Waals surface area contributed by atoms with E-state index in [-0.39, 0.29) is 5.97 Å². The first kappa shape index (κ1) is 20.4. The Bertz CT molecular complexity index is 271. The molecular formula is C18H36O3. The molecule has 0 rings (SSSR count). The standard InChI is InChI=1S/C18H36O3/c1-17(2,3)13-9-7-8-12-16(19)21-20-15-11-10-14-18(4,5)6/h7-15H2,1-6H3. The van der Waals surface area contributed by atoms with Gasteiger partial charge >= 0.3 is 5.97 Å². The fraction of sp³-hybridized carbons (Fsp3) is 0.944. The van der Waals surface area contributed by atoms with E-state index in [4.69, 9.17) is 9.78 Å². The normalized spacial score (nSPS) is 12.5. The number of unbranched alkanes of at least 4 members (excludes halogenated alkanes) is 3. The molecule has 3 heteroatoms. The zero-order valence-electron chi connectivity index (χ0n) is 15.1. The lowest BCUT2D eigenvalue weighted by Gasteiger charge is -2.17. The Morgan fingerprint density at radius 2 is 1.29 bits per heavy atom. The lowest BCUT2D eigenvalue weighted by Crippen LogP contribution is -2.08. The molecule has 0 aliphatic carbocycles. The molecule has 0 spiro atoms. The van der Waals surface area contributed by atoms with E-state index in [1.54, 1.807) is 0 Å². The van der Waals surface area contributed by atoms with Crippen LogP contribution < -0.4 is 0 Å². The molecule has 0 saturated carbocycles. The maximum absolute atomic E-state index is 11.4. The molecule has 0 heterocycles. The molecule has 0 aliphatic heterocycles. The average Bonchev–Trinajstić information content (AvgIpc) is 2.30. The smallest absolute Gasteiger partial charge is 0.298 e. The van der Waals surface area contributed by atoms with E-state index in [1.165, 1.54) is 12.8 Å². The van der Waals surface area contributed by atoms with Crippen molar-refractivity contribution in [3.63, 3.8) is 0 Å². The third-order valence-electron chi connectivity index (χ3n) is 3.36. The largest absolute Gasteiger partial charge is 0.342 e. The number of hydrogen-bond donors (Lipinski definition) is 0. The van der Waals surface area contributed by atoms with Gasteiger partial charge in [-0.1, -0.05) is 60.8 Å². The quantitative estimate of drug-likeness (QED) is 0.296. The maximum Gasteiger partial charge on any atom is 0.342 e. The Balaban J connectivity index is 3.35. The van der Waals surface area contributed by atoms with Crippen LogP contribution in [0.3, 0.4) is 0 Å². The number of carbonyl (C=O) groups is 1. The summed E-state index contributed by atoms with van der Waals surface area (Å²) >= 11 is 0. The van der Waals surface area contributed by atoms with Gasteiger partial charge in [-0.15, -0.1) is 0 Å². The van der Waals surface area contributed by atoms with Gasteiger partial charge in [0.15, 0.2) is 0 Å². The second-order valence-corrected chi connectivity index (χ2v) is 8.42. The molecule has 0 fully saturated rings. The molecule has 0 aromatic rings. The molecule has 0 aromatic heterocycles. The zero-order chi connectivity index (χ0) is 16.4. The summed E-state index contributed by atoms with van der Waals surface area (Å²) in [5.74, 6) is -0.235. The van der Waals surface area contributed by atoms with Crippen LogP contribution in [0.1, 0.15) is 92.9 Å². The van der Waals surface area contributed by atoms with Gasteiger partial charge in [-0.2, -0.15) is 4.89 Å². The monoisotopic (exact) mass is 300 g/mol. The number of rotatable bonds is 10. The van der Waals surface area contributed by atoms with Crippen LogP contribution in [0.2, 0.25) is 0 Å². The highest BCUT2D eigenvalue weighted by Gasteiger charge is 2.11. The lowest BCUT2D eigenvalue weighted by atomic mass is 9.89. The molecule has 0 atom stereocenters. The number of hydrogen-bond acceptors (Lipinski definition) is 3. The first-order valence-electron chi connectivity index (χ1n) is 8.42. The van der Waals surface area contributed by atoms with Crippen LogP contribution in [0.25, 0.3) is 0 Å². The highest BCUT2D eigenvalue weighted by Crippen LogP contribution is 2.22.